The molecule has 0 rings (SSSR count). The summed E-state index contributed by atoms with van der Waals surface area (Å²) < 4.78 is 0. The summed E-state index contributed by atoms with van der Waals surface area (Å²) in [5, 5.41) is 0. The number of hydrogen-bond acceptors (Lipinski definition) is 0. The van der Waals surface area contributed by atoms with Crippen molar-refractivity contribution in [3.05, 3.63) is 12.2 Å². The minimum absolute atomic E-state index is 0.759. The lowest BCUT2D eigenvalue weighted by Gasteiger charge is -2.14. The molecule has 0 fully saturated rings. The fourth-order valence-corrected chi connectivity index (χ4v) is 2.39. The summed E-state index contributed by atoms with van der Waals surface area (Å²) in [6.07, 6.45) is 3.98. The molecule has 0 saturated carbocycles. The molecule has 0 N–H and O–H groups in total. The molecule has 11 heavy (non-hydrogen) atoms. The lowest BCUT2D eigenvalue weighted by atomic mass is 10.2. The monoisotopic (exact) mass is 170 g/mol. The Morgan fingerprint density at radius 3 is 2.09 bits per heavy atom. The predicted octanol–water partition coefficient (Wildman–Crippen LogP) is 4.07. The van der Waals surface area contributed by atoms with E-state index in [0.717, 1.165) is 0 Å². The molecular formula is C10H22Si. The average molecular weight is 170 g/mol. The van der Waals surface area contributed by atoms with Gasteiger partial charge in [-0.15, -0.1) is 6.58 Å². The zero-order valence-electron chi connectivity index (χ0n) is 8.54. The molecule has 0 unspecified atom stereocenters. The number of rotatable bonds is 5. The van der Waals surface area contributed by atoms with Gasteiger partial charge in [-0.2, -0.15) is 0 Å². The van der Waals surface area contributed by atoms with Crippen LogP contribution in [0.15, 0.2) is 12.2 Å². The van der Waals surface area contributed by atoms with Crippen LogP contribution in [0.2, 0.25) is 25.7 Å². The Morgan fingerprint density at radius 2 is 1.73 bits per heavy atom. The van der Waals surface area contributed by atoms with E-state index in [4.69, 9.17) is 0 Å². The maximum absolute atomic E-state index is 3.90. The molecule has 0 aliphatic heterocycles. The second-order valence-corrected chi connectivity index (χ2v) is 10.3. The number of allylic oxidation sites excluding steroid dienone is 1. The highest BCUT2D eigenvalue weighted by Gasteiger charge is 2.11. The third-order valence-corrected chi connectivity index (χ3v) is 3.63. The standard InChI is InChI=1S/C10H22Si/c1-10(2)8-6-7-9-11(3,4)5/h1,6-9H2,2-5H3. The second kappa shape index (κ2) is 4.76. The largest absolute Gasteiger partial charge is 0.100 e. The Morgan fingerprint density at radius 1 is 1.18 bits per heavy atom. The summed E-state index contributed by atoms with van der Waals surface area (Å²) >= 11 is 0. The van der Waals surface area contributed by atoms with Crippen LogP contribution in [0.3, 0.4) is 0 Å². The van der Waals surface area contributed by atoms with Gasteiger partial charge >= 0.3 is 0 Å². The molecule has 0 nitrogen and oxygen atoms in total. The molecule has 0 amide bonds. The van der Waals surface area contributed by atoms with Gasteiger partial charge in [0.1, 0.15) is 0 Å². The molecule has 0 aromatic carbocycles. The normalized spacial score (nSPS) is 11.6. The number of hydrogen-bond donors (Lipinski definition) is 0. The first-order valence-corrected chi connectivity index (χ1v) is 8.27. The first kappa shape index (κ1) is 11.0. The summed E-state index contributed by atoms with van der Waals surface area (Å²) in [5.41, 5.74) is 1.33. The highest BCUT2D eigenvalue weighted by atomic mass is 28.3. The predicted molar refractivity (Wildman–Crippen MR) is 56.8 cm³/mol. The maximum atomic E-state index is 3.90. The van der Waals surface area contributed by atoms with E-state index in [2.05, 4.69) is 33.1 Å². The molecule has 0 aliphatic rings. The fourth-order valence-electron chi connectivity index (χ4n) is 1.08. The van der Waals surface area contributed by atoms with Gasteiger partial charge in [-0.05, 0) is 19.8 Å². The van der Waals surface area contributed by atoms with Gasteiger partial charge in [0, 0.05) is 8.07 Å². The van der Waals surface area contributed by atoms with Crippen LogP contribution in [0.5, 0.6) is 0 Å². The SMILES string of the molecule is C=C(C)CCCC[Si](C)(C)C. The van der Waals surface area contributed by atoms with Crippen LogP contribution < -0.4 is 0 Å². The van der Waals surface area contributed by atoms with Crippen molar-refractivity contribution in [2.45, 2.75) is 51.9 Å². The summed E-state index contributed by atoms with van der Waals surface area (Å²) in [6, 6.07) is 1.47. The smallest absolute Gasteiger partial charge is 0.0442 e. The Bertz CT molecular complexity index is 119. The lowest BCUT2D eigenvalue weighted by molar-refractivity contribution is 0.779. The van der Waals surface area contributed by atoms with E-state index in [-0.39, 0.29) is 0 Å². The minimum atomic E-state index is -0.759. The second-order valence-electron chi connectivity index (χ2n) is 4.72. The van der Waals surface area contributed by atoms with Crippen LogP contribution in [0.1, 0.15) is 26.2 Å². The molecule has 0 aliphatic carbocycles. The third kappa shape index (κ3) is 9.96. The topological polar surface area (TPSA) is 0 Å². The molecule has 0 spiro atoms. The Labute approximate surface area is 72.7 Å². The van der Waals surface area contributed by atoms with Gasteiger partial charge in [-0.1, -0.05) is 37.7 Å². The van der Waals surface area contributed by atoms with Gasteiger partial charge in [-0.25, -0.2) is 0 Å². The zero-order chi connectivity index (χ0) is 8.91. The van der Waals surface area contributed by atoms with E-state index in [1.807, 2.05) is 0 Å². The first-order valence-electron chi connectivity index (χ1n) is 4.56. The molecule has 0 saturated heterocycles. The molecule has 1 heteroatoms. The van der Waals surface area contributed by atoms with Crippen molar-refractivity contribution in [3.63, 3.8) is 0 Å². The van der Waals surface area contributed by atoms with E-state index in [9.17, 15) is 0 Å². The van der Waals surface area contributed by atoms with Crippen LogP contribution in [0, 0.1) is 0 Å². The Balaban J connectivity index is 3.22. The molecule has 0 heterocycles. The van der Waals surface area contributed by atoms with Crippen LogP contribution in [-0.2, 0) is 0 Å². The van der Waals surface area contributed by atoms with E-state index >= 15 is 0 Å². The highest BCUT2D eigenvalue weighted by Crippen LogP contribution is 2.15. The van der Waals surface area contributed by atoms with Crippen LogP contribution in [-0.4, -0.2) is 8.07 Å². The van der Waals surface area contributed by atoms with Crippen molar-refractivity contribution < 1.29 is 0 Å². The minimum Gasteiger partial charge on any atom is -0.100 e. The molecule has 0 aromatic rings. The maximum Gasteiger partial charge on any atom is 0.0442 e. The summed E-state index contributed by atoms with van der Waals surface area (Å²) in [7, 11) is -0.759. The Hall–Kier alpha value is -0.0431. The van der Waals surface area contributed by atoms with Crippen molar-refractivity contribution in [1.82, 2.24) is 0 Å². The van der Waals surface area contributed by atoms with E-state index < -0.39 is 8.07 Å². The van der Waals surface area contributed by atoms with Crippen LogP contribution in [0.25, 0.3) is 0 Å². The zero-order valence-corrected chi connectivity index (χ0v) is 9.54. The van der Waals surface area contributed by atoms with Gasteiger partial charge in [-0.3, -0.25) is 0 Å². The van der Waals surface area contributed by atoms with Crippen molar-refractivity contribution >= 4 is 8.07 Å². The van der Waals surface area contributed by atoms with E-state index in [0.29, 0.717) is 0 Å². The molecule has 0 radical (unpaired) electrons. The Kier molecular flexibility index (Phi) is 4.74. The third-order valence-electron chi connectivity index (χ3n) is 1.78. The summed E-state index contributed by atoms with van der Waals surface area (Å²) in [5.74, 6) is 0. The number of unbranched alkanes of at least 4 members (excludes halogenated alkanes) is 1. The van der Waals surface area contributed by atoms with Gasteiger partial charge in [0.2, 0.25) is 0 Å². The van der Waals surface area contributed by atoms with Crippen LogP contribution >= 0.6 is 0 Å². The quantitative estimate of drug-likeness (QED) is 0.331. The molecular weight excluding hydrogens is 148 g/mol. The highest BCUT2D eigenvalue weighted by molar-refractivity contribution is 6.76. The van der Waals surface area contributed by atoms with E-state index in [1.165, 1.54) is 30.9 Å². The van der Waals surface area contributed by atoms with Gasteiger partial charge in [0.25, 0.3) is 0 Å². The van der Waals surface area contributed by atoms with E-state index in [1.54, 1.807) is 0 Å². The molecule has 0 bridgehead atoms. The van der Waals surface area contributed by atoms with Gasteiger partial charge in [0.05, 0.1) is 0 Å². The van der Waals surface area contributed by atoms with Crippen molar-refractivity contribution in [1.29, 1.82) is 0 Å². The van der Waals surface area contributed by atoms with Crippen molar-refractivity contribution in [2.75, 3.05) is 0 Å². The van der Waals surface area contributed by atoms with Crippen molar-refractivity contribution in [3.8, 4) is 0 Å². The first-order chi connectivity index (χ1) is 4.92. The molecule has 66 valence electrons. The van der Waals surface area contributed by atoms with Gasteiger partial charge < -0.3 is 0 Å². The summed E-state index contributed by atoms with van der Waals surface area (Å²) in [6.45, 7) is 13.3. The van der Waals surface area contributed by atoms with Crippen LogP contribution in [0.4, 0.5) is 0 Å². The van der Waals surface area contributed by atoms with Crippen molar-refractivity contribution in [2.24, 2.45) is 0 Å². The fraction of sp³-hybridized carbons (Fsp3) is 0.800. The molecule has 0 aromatic heterocycles. The lowest BCUT2D eigenvalue weighted by Crippen LogP contribution is -2.18. The average Bonchev–Trinajstić information content (AvgIpc) is 1.78. The summed E-state index contributed by atoms with van der Waals surface area (Å²) in [4.78, 5) is 0. The molecule has 0 atom stereocenters. The van der Waals surface area contributed by atoms with Gasteiger partial charge in [0.15, 0.2) is 0 Å².